The number of benzene rings is 1. The molecule has 0 aliphatic carbocycles. The molecule has 2 N–H and O–H groups in total. The first-order valence-electron chi connectivity index (χ1n) is 10.3. The summed E-state index contributed by atoms with van der Waals surface area (Å²) in [6, 6.07) is 11.0. The summed E-state index contributed by atoms with van der Waals surface area (Å²) in [6.45, 7) is 0.502. The molecule has 0 spiro atoms. The molecule has 1 aromatic carbocycles. The zero-order valence-electron chi connectivity index (χ0n) is 18.4. The second-order valence-corrected chi connectivity index (χ2v) is 8.31. The van der Waals surface area contributed by atoms with E-state index in [9.17, 15) is 9.18 Å². The molecule has 34 heavy (non-hydrogen) atoms. The van der Waals surface area contributed by atoms with Gasteiger partial charge in [-0.05, 0) is 17.9 Å². The number of carbonyl (C=O) groups excluding carboxylic acids is 1. The summed E-state index contributed by atoms with van der Waals surface area (Å²) in [4.78, 5) is 29.2. The fourth-order valence-corrected chi connectivity index (χ4v) is 4.30. The Morgan fingerprint density at radius 3 is 2.82 bits per heavy atom. The van der Waals surface area contributed by atoms with Crippen molar-refractivity contribution in [2.45, 2.75) is 5.25 Å². The Balaban J connectivity index is 1.62. The smallest absolute Gasteiger partial charge is 0.254 e. The maximum absolute atomic E-state index is 14.4. The zero-order chi connectivity index (χ0) is 24.1. The van der Waals surface area contributed by atoms with Gasteiger partial charge in [0.1, 0.15) is 18.2 Å². The number of thioether (sulfide) groups is 1. The molecule has 3 heterocycles. The third-order valence-corrected chi connectivity index (χ3v) is 6.26. The standard InChI is InChI=1S/C24H20FN7OS/c1-27-24(33)22-17-5-3-4-16(23(17)30-11-18(22)25)20(34-2)12-29-21-7-19(31-13-32-21)15-6-14(8-26)9-28-10-15/h3-7,9-11,13,20H,12H2,1-2H3,(H,27,33)(H,29,31,32). The molecular weight excluding hydrogens is 453 g/mol. The van der Waals surface area contributed by atoms with E-state index in [-0.39, 0.29) is 10.8 Å². The van der Waals surface area contributed by atoms with Crippen LogP contribution in [0, 0.1) is 17.1 Å². The van der Waals surface area contributed by atoms with Crippen LogP contribution in [0.4, 0.5) is 10.2 Å². The summed E-state index contributed by atoms with van der Waals surface area (Å²) in [5.74, 6) is -0.549. The molecule has 4 rings (SSSR count). The first-order chi connectivity index (χ1) is 16.5. The van der Waals surface area contributed by atoms with Gasteiger partial charge in [-0.2, -0.15) is 17.0 Å². The van der Waals surface area contributed by atoms with Crippen molar-refractivity contribution in [2.75, 3.05) is 25.2 Å². The zero-order valence-corrected chi connectivity index (χ0v) is 19.2. The van der Waals surface area contributed by atoms with Gasteiger partial charge in [-0.3, -0.25) is 14.8 Å². The first kappa shape index (κ1) is 23.1. The third kappa shape index (κ3) is 4.65. The fourth-order valence-electron chi connectivity index (χ4n) is 3.61. The number of nitrogens with one attached hydrogen (secondary N) is 2. The van der Waals surface area contributed by atoms with Gasteiger partial charge in [0.25, 0.3) is 5.91 Å². The number of para-hydroxylation sites is 1. The Labute approximate surface area is 199 Å². The number of amides is 1. The van der Waals surface area contributed by atoms with E-state index in [1.807, 2.05) is 12.3 Å². The highest BCUT2D eigenvalue weighted by atomic mass is 32.2. The lowest BCUT2D eigenvalue weighted by atomic mass is 10.0. The van der Waals surface area contributed by atoms with Crippen LogP contribution in [-0.2, 0) is 0 Å². The number of hydrogen-bond donors (Lipinski definition) is 2. The van der Waals surface area contributed by atoms with Crippen LogP contribution >= 0.6 is 11.8 Å². The van der Waals surface area contributed by atoms with E-state index >= 15 is 0 Å². The molecule has 0 radical (unpaired) electrons. The van der Waals surface area contributed by atoms with Crippen molar-refractivity contribution in [3.8, 4) is 17.3 Å². The normalized spacial score (nSPS) is 11.6. The summed E-state index contributed by atoms with van der Waals surface area (Å²) in [6.07, 6.45) is 7.64. The van der Waals surface area contributed by atoms with Gasteiger partial charge in [0.2, 0.25) is 0 Å². The van der Waals surface area contributed by atoms with Gasteiger partial charge in [-0.15, -0.1) is 0 Å². The lowest BCUT2D eigenvalue weighted by molar-refractivity contribution is 0.0961. The van der Waals surface area contributed by atoms with Crippen LogP contribution in [0.2, 0.25) is 0 Å². The third-order valence-electron chi connectivity index (χ3n) is 5.27. The monoisotopic (exact) mass is 473 g/mol. The highest BCUT2D eigenvalue weighted by Gasteiger charge is 2.20. The van der Waals surface area contributed by atoms with Crippen LogP contribution in [0.5, 0.6) is 0 Å². The second-order valence-electron chi connectivity index (χ2n) is 7.27. The minimum Gasteiger partial charge on any atom is -0.368 e. The van der Waals surface area contributed by atoms with E-state index in [0.29, 0.717) is 40.1 Å². The van der Waals surface area contributed by atoms with Gasteiger partial charge in [-0.25, -0.2) is 14.4 Å². The molecule has 0 saturated heterocycles. The van der Waals surface area contributed by atoms with Gasteiger partial charge in [0.15, 0.2) is 5.82 Å². The minimum atomic E-state index is -0.661. The van der Waals surface area contributed by atoms with Crippen LogP contribution in [0.1, 0.15) is 26.7 Å². The van der Waals surface area contributed by atoms with Crippen molar-refractivity contribution >= 4 is 34.4 Å². The maximum atomic E-state index is 14.4. The Morgan fingerprint density at radius 1 is 1.21 bits per heavy atom. The summed E-state index contributed by atoms with van der Waals surface area (Å²) in [7, 11) is 1.47. The van der Waals surface area contributed by atoms with E-state index in [1.165, 1.54) is 19.6 Å². The van der Waals surface area contributed by atoms with Gasteiger partial charge < -0.3 is 10.6 Å². The molecule has 170 valence electrons. The quantitative estimate of drug-likeness (QED) is 0.414. The van der Waals surface area contributed by atoms with Gasteiger partial charge >= 0.3 is 0 Å². The summed E-state index contributed by atoms with van der Waals surface area (Å²) in [5, 5.41) is 15.3. The highest BCUT2D eigenvalue weighted by molar-refractivity contribution is 7.98. The van der Waals surface area contributed by atoms with E-state index < -0.39 is 11.7 Å². The number of nitrogens with zero attached hydrogens (tertiary/aromatic N) is 5. The van der Waals surface area contributed by atoms with Crippen LogP contribution in [0.3, 0.4) is 0 Å². The average molecular weight is 474 g/mol. The van der Waals surface area contributed by atoms with Gasteiger partial charge in [0.05, 0.1) is 28.5 Å². The number of aromatic nitrogens is 4. The number of nitriles is 1. The molecule has 4 aromatic rings. The molecular formula is C24H20FN7OS. The number of fused-ring (bicyclic) bond motifs is 1. The fraction of sp³-hybridized carbons (Fsp3) is 0.167. The summed E-state index contributed by atoms with van der Waals surface area (Å²) in [5.41, 5.74) is 3.24. The molecule has 0 saturated carbocycles. The van der Waals surface area contributed by atoms with Crippen LogP contribution in [0.25, 0.3) is 22.2 Å². The average Bonchev–Trinajstić information content (AvgIpc) is 2.88. The van der Waals surface area contributed by atoms with Crippen molar-refractivity contribution in [1.29, 1.82) is 5.26 Å². The van der Waals surface area contributed by atoms with Crippen LogP contribution in [-0.4, -0.2) is 45.7 Å². The van der Waals surface area contributed by atoms with E-state index in [2.05, 4.69) is 36.6 Å². The second kappa shape index (κ2) is 10.2. The predicted molar refractivity (Wildman–Crippen MR) is 130 cm³/mol. The molecule has 8 nitrogen and oxygen atoms in total. The number of halogens is 1. The predicted octanol–water partition coefficient (Wildman–Crippen LogP) is 3.97. The first-order valence-corrected chi connectivity index (χ1v) is 11.6. The van der Waals surface area contributed by atoms with E-state index in [0.717, 1.165) is 11.8 Å². The van der Waals surface area contributed by atoms with E-state index in [1.54, 1.807) is 42.2 Å². The maximum Gasteiger partial charge on any atom is 0.254 e. The van der Waals surface area contributed by atoms with Gasteiger partial charge in [-0.1, -0.05) is 18.2 Å². The SMILES string of the molecule is CNC(=O)c1c(F)cnc2c(C(CNc3cc(-c4cncc(C#N)c4)ncn3)SC)cccc12. The van der Waals surface area contributed by atoms with Crippen LogP contribution < -0.4 is 10.6 Å². The van der Waals surface area contributed by atoms with Gasteiger partial charge in [0, 0.05) is 48.3 Å². The van der Waals surface area contributed by atoms with Crippen molar-refractivity contribution < 1.29 is 9.18 Å². The van der Waals surface area contributed by atoms with Crippen molar-refractivity contribution in [3.05, 3.63) is 77.8 Å². The Bertz CT molecular complexity index is 1410. The summed E-state index contributed by atoms with van der Waals surface area (Å²) >= 11 is 1.60. The number of pyridine rings is 2. The Morgan fingerprint density at radius 2 is 2.06 bits per heavy atom. The molecule has 1 amide bonds. The lowest BCUT2D eigenvalue weighted by Gasteiger charge is -2.18. The summed E-state index contributed by atoms with van der Waals surface area (Å²) < 4.78 is 14.4. The number of hydrogen-bond acceptors (Lipinski definition) is 8. The Hall–Kier alpha value is -4.10. The topological polar surface area (TPSA) is 116 Å². The molecule has 0 aliphatic rings. The van der Waals surface area contributed by atoms with Crippen molar-refractivity contribution in [2.24, 2.45) is 0 Å². The molecule has 0 fully saturated rings. The van der Waals surface area contributed by atoms with Crippen molar-refractivity contribution in [1.82, 2.24) is 25.3 Å². The Kier molecular flexibility index (Phi) is 6.94. The lowest BCUT2D eigenvalue weighted by Crippen LogP contribution is -2.20. The minimum absolute atomic E-state index is 0.0178. The molecule has 0 bridgehead atoms. The number of carbonyl (C=O) groups is 1. The molecule has 3 aromatic heterocycles. The van der Waals surface area contributed by atoms with E-state index in [4.69, 9.17) is 5.26 Å². The number of rotatable bonds is 7. The molecule has 0 aliphatic heterocycles. The van der Waals surface area contributed by atoms with Crippen molar-refractivity contribution in [3.63, 3.8) is 0 Å². The number of anilines is 1. The largest absolute Gasteiger partial charge is 0.368 e. The molecule has 1 unspecified atom stereocenters. The highest BCUT2D eigenvalue weighted by Crippen LogP contribution is 2.33. The molecule has 10 heteroatoms. The van der Waals surface area contributed by atoms with Crippen LogP contribution in [0.15, 0.2) is 55.2 Å². The molecule has 1 atom stereocenters.